The van der Waals surface area contributed by atoms with Gasteiger partial charge < -0.3 is 0 Å². The summed E-state index contributed by atoms with van der Waals surface area (Å²) in [7, 11) is 0. The number of rotatable bonds is 0. The Balaban J connectivity index is 3.22. The fraction of sp³-hybridized carbons (Fsp3) is 0. The van der Waals surface area contributed by atoms with E-state index < -0.39 is 11.6 Å². The zero-order chi connectivity index (χ0) is 7.56. The van der Waals surface area contributed by atoms with Crippen LogP contribution in [0, 0.1) is 29.0 Å². The second-order valence-corrected chi connectivity index (χ2v) is 1.67. The first-order valence-electron chi connectivity index (χ1n) is 2.51. The zero-order valence-electron chi connectivity index (χ0n) is 4.86. The molecule has 1 aromatic carbocycles. The average molecular weight is 138 g/mol. The van der Waals surface area contributed by atoms with Crippen molar-refractivity contribution in [2.24, 2.45) is 0 Å². The summed E-state index contributed by atoms with van der Waals surface area (Å²) in [5, 5.41) is 8.17. The molecule has 0 aromatic heterocycles. The minimum Gasteiger partial charge on any atom is -0.207 e. The van der Waals surface area contributed by atoms with Gasteiger partial charge in [0.25, 0.3) is 0 Å². The predicted molar refractivity (Wildman–Crippen MR) is 29.9 cm³/mol. The smallest absolute Gasteiger partial charge is 0.135 e. The predicted octanol–water partition coefficient (Wildman–Crippen LogP) is 1.64. The summed E-state index contributed by atoms with van der Waals surface area (Å²) in [6.45, 7) is 0. The lowest BCUT2D eigenvalue weighted by molar-refractivity contribution is 0.581. The molecule has 0 aliphatic carbocycles. The lowest BCUT2D eigenvalue weighted by atomic mass is 10.2. The highest BCUT2D eigenvalue weighted by Gasteiger charge is 1.98. The third-order valence-electron chi connectivity index (χ3n) is 0.921. The highest BCUT2D eigenvalue weighted by molar-refractivity contribution is 5.27. The molecule has 0 bridgehead atoms. The SMILES string of the molecule is N#Cc1[c]c(F)cc(F)c1. The van der Waals surface area contributed by atoms with E-state index in [1.165, 1.54) is 0 Å². The van der Waals surface area contributed by atoms with Gasteiger partial charge in [0, 0.05) is 12.1 Å². The summed E-state index contributed by atoms with van der Waals surface area (Å²) in [6.07, 6.45) is 0. The van der Waals surface area contributed by atoms with Crippen molar-refractivity contribution in [2.45, 2.75) is 0 Å². The molecule has 0 heterocycles. The molecule has 0 saturated heterocycles. The maximum atomic E-state index is 12.2. The number of hydrogen-bond donors (Lipinski definition) is 0. The van der Waals surface area contributed by atoms with Gasteiger partial charge in [-0.3, -0.25) is 0 Å². The molecule has 0 amide bonds. The van der Waals surface area contributed by atoms with E-state index in [-0.39, 0.29) is 5.56 Å². The van der Waals surface area contributed by atoms with Gasteiger partial charge in [0.2, 0.25) is 0 Å². The van der Waals surface area contributed by atoms with Crippen LogP contribution in [0.15, 0.2) is 12.1 Å². The van der Waals surface area contributed by atoms with Crippen molar-refractivity contribution in [1.82, 2.24) is 0 Å². The van der Waals surface area contributed by atoms with Gasteiger partial charge >= 0.3 is 0 Å². The van der Waals surface area contributed by atoms with E-state index in [0.29, 0.717) is 6.07 Å². The lowest BCUT2D eigenvalue weighted by Gasteiger charge is -1.88. The molecule has 0 atom stereocenters. The molecular formula is C7H2F2N. The van der Waals surface area contributed by atoms with E-state index in [1.54, 1.807) is 6.07 Å². The largest absolute Gasteiger partial charge is 0.207 e. The van der Waals surface area contributed by atoms with Gasteiger partial charge in [0.15, 0.2) is 0 Å². The van der Waals surface area contributed by atoms with Crippen LogP contribution >= 0.6 is 0 Å². The molecule has 0 saturated carbocycles. The molecule has 1 nitrogen and oxygen atoms in total. The van der Waals surface area contributed by atoms with Crippen molar-refractivity contribution >= 4 is 0 Å². The number of benzene rings is 1. The number of halogens is 2. The van der Waals surface area contributed by atoms with Crippen molar-refractivity contribution in [3.63, 3.8) is 0 Å². The van der Waals surface area contributed by atoms with Gasteiger partial charge in [-0.1, -0.05) is 0 Å². The summed E-state index contributed by atoms with van der Waals surface area (Å²) in [5.74, 6) is -1.61. The first-order chi connectivity index (χ1) is 4.72. The molecule has 0 N–H and O–H groups in total. The molecule has 0 fully saturated rings. The molecule has 10 heavy (non-hydrogen) atoms. The van der Waals surface area contributed by atoms with E-state index in [4.69, 9.17) is 5.26 Å². The van der Waals surface area contributed by atoms with Gasteiger partial charge in [0.05, 0.1) is 11.6 Å². The Hall–Kier alpha value is -1.43. The standard InChI is InChI=1S/C7H2F2N/c8-6-1-5(4-10)2-7(9)3-6/h1,3H. The first-order valence-corrected chi connectivity index (χ1v) is 2.51. The van der Waals surface area contributed by atoms with Gasteiger partial charge in [-0.05, 0) is 6.07 Å². The van der Waals surface area contributed by atoms with Crippen molar-refractivity contribution in [2.75, 3.05) is 0 Å². The van der Waals surface area contributed by atoms with E-state index in [1.807, 2.05) is 6.07 Å². The highest BCUT2D eigenvalue weighted by atomic mass is 19.1. The maximum Gasteiger partial charge on any atom is 0.135 e. The molecule has 49 valence electrons. The topological polar surface area (TPSA) is 23.8 Å². The minimum atomic E-state index is -0.850. The Labute approximate surface area is 56.5 Å². The molecule has 0 aliphatic heterocycles. The van der Waals surface area contributed by atoms with Gasteiger partial charge in [-0.25, -0.2) is 8.78 Å². The van der Waals surface area contributed by atoms with Gasteiger partial charge in [-0.15, -0.1) is 0 Å². The summed E-state index contributed by atoms with van der Waals surface area (Å²) in [4.78, 5) is 0. The summed E-state index contributed by atoms with van der Waals surface area (Å²) in [5.41, 5.74) is -0.127. The Bertz CT molecular complexity index is 268. The molecule has 1 aromatic rings. The van der Waals surface area contributed by atoms with Crippen LogP contribution in [-0.4, -0.2) is 0 Å². The molecule has 3 heteroatoms. The first kappa shape index (κ1) is 6.69. The fourth-order valence-corrected chi connectivity index (χ4v) is 0.562. The summed E-state index contributed by atoms with van der Waals surface area (Å²) < 4.78 is 24.4. The van der Waals surface area contributed by atoms with Gasteiger partial charge in [0.1, 0.15) is 11.6 Å². The molecule has 0 spiro atoms. The lowest BCUT2D eigenvalue weighted by Crippen LogP contribution is -1.82. The Morgan fingerprint density at radius 2 is 2.10 bits per heavy atom. The molecule has 1 rings (SSSR count). The van der Waals surface area contributed by atoms with Crippen LogP contribution < -0.4 is 0 Å². The highest BCUT2D eigenvalue weighted by Crippen LogP contribution is 2.04. The Morgan fingerprint density at radius 1 is 1.40 bits per heavy atom. The Kier molecular flexibility index (Phi) is 1.63. The van der Waals surface area contributed by atoms with E-state index in [0.717, 1.165) is 6.07 Å². The van der Waals surface area contributed by atoms with Crippen LogP contribution in [0.4, 0.5) is 8.78 Å². The third-order valence-corrected chi connectivity index (χ3v) is 0.921. The quantitative estimate of drug-likeness (QED) is 0.534. The van der Waals surface area contributed by atoms with E-state index in [2.05, 4.69) is 0 Å². The monoisotopic (exact) mass is 138 g/mol. The average Bonchev–Trinajstić information content (AvgIpc) is 1.85. The van der Waals surface area contributed by atoms with Crippen molar-refractivity contribution in [3.8, 4) is 6.07 Å². The zero-order valence-corrected chi connectivity index (χ0v) is 4.86. The molecular weight excluding hydrogens is 136 g/mol. The summed E-state index contributed by atoms with van der Waals surface area (Å²) in [6, 6.07) is 5.19. The maximum absolute atomic E-state index is 12.2. The second-order valence-electron chi connectivity index (χ2n) is 1.67. The third kappa shape index (κ3) is 1.29. The van der Waals surface area contributed by atoms with Crippen LogP contribution in [0.5, 0.6) is 0 Å². The molecule has 0 unspecified atom stereocenters. The van der Waals surface area contributed by atoms with Crippen LogP contribution in [0.25, 0.3) is 0 Å². The van der Waals surface area contributed by atoms with E-state index >= 15 is 0 Å². The van der Waals surface area contributed by atoms with Crippen molar-refractivity contribution in [1.29, 1.82) is 5.26 Å². The minimum absolute atomic E-state index is 0.127. The number of nitrogens with zero attached hydrogens (tertiary/aromatic N) is 1. The van der Waals surface area contributed by atoms with Crippen molar-refractivity contribution < 1.29 is 8.78 Å². The van der Waals surface area contributed by atoms with Gasteiger partial charge in [-0.2, -0.15) is 5.26 Å². The number of hydrogen-bond acceptors (Lipinski definition) is 1. The van der Waals surface area contributed by atoms with Crippen LogP contribution in [0.1, 0.15) is 5.56 Å². The Morgan fingerprint density at radius 3 is 2.60 bits per heavy atom. The molecule has 0 aliphatic rings. The van der Waals surface area contributed by atoms with Crippen molar-refractivity contribution in [3.05, 3.63) is 35.4 Å². The molecule has 1 radical (unpaired) electrons. The van der Waals surface area contributed by atoms with Crippen LogP contribution in [-0.2, 0) is 0 Å². The number of nitriles is 1. The fourth-order valence-electron chi connectivity index (χ4n) is 0.562. The van der Waals surface area contributed by atoms with Crippen LogP contribution in [0.2, 0.25) is 0 Å². The van der Waals surface area contributed by atoms with Crippen LogP contribution in [0.3, 0.4) is 0 Å². The van der Waals surface area contributed by atoms with E-state index in [9.17, 15) is 8.78 Å². The normalized spacial score (nSPS) is 8.90. The second kappa shape index (κ2) is 2.44. The summed E-state index contributed by atoms with van der Waals surface area (Å²) >= 11 is 0.